The van der Waals surface area contributed by atoms with Gasteiger partial charge in [0.1, 0.15) is 21.1 Å². The molecular weight excluding hydrogens is 337 g/mol. The van der Waals surface area contributed by atoms with Gasteiger partial charge in [-0.15, -0.1) is 11.3 Å². The number of carbonyl (C=O) groups is 2. The van der Waals surface area contributed by atoms with E-state index < -0.39 is 28.8 Å². The zero-order valence-corrected chi connectivity index (χ0v) is 13.1. The first kappa shape index (κ1) is 17.1. The normalized spacial score (nSPS) is 12.5. The minimum Gasteiger partial charge on any atom is -0.466 e. The lowest BCUT2D eigenvalue weighted by molar-refractivity contribution is -0.133. The third-order valence-corrected chi connectivity index (χ3v) is 4.02. The maximum atomic E-state index is 13.1. The van der Waals surface area contributed by atoms with Gasteiger partial charge in [-0.3, -0.25) is 14.2 Å². The molecule has 0 saturated carbocycles. The Morgan fingerprint density at radius 1 is 1.38 bits per heavy atom. The summed E-state index contributed by atoms with van der Waals surface area (Å²) in [7, 11) is 1.14. The van der Waals surface area contributed by atoms with E-state index in [-0.39, 0.29) is 14.9 Å². The maximum absolute atomic E-state index is 13.1. The summed E-state index contributed by atoms with van der Waals surface area (Å²) in [6.45, 7) is 0. The molecule has 9 heteroatoms. The van der Waals surface area contributed by atoms with E-state index in [9.17, 15) is 18.8 Å². The summed E-state index contributed by atoms with van der Waals surface area (Å²) >= 11 is 0.730. The van der Waals surface area contributed by atoms with Crippen LogP contribution in [0.4, 0.5) is 4.39 Å². The van der Waals surface area contributed by atoms with Crippen molar-refractivity contribution in [2.45, 2.75) is 0 Å². The zero-order chi connectivity index (χ0) is 17.9. The zero-order valence-electron chi connectivity index (χ0n) is 12.3. The molecule has 0 radical (unpaired) electrons. The highest BCUT2D eigenvalue weighted by molar-refractivity contribution is 7.07. The first-order valence-corrected chi connectivity index (χ1v) is 7.22. The quantitative estimate of drug-likeness (QED) is 0.726. The number of esters is 1. The summed E-state index contributed by atoms with van der Waals surface area (Å²) in [5.41, 5.74) is 4.26. The second-order valence-corrected chi connectivity index (χ2v) is 5.44. The van der Waals surface area contributed by atoms with Crippen LogP contribution in [-0.4, -0.2) is 23.6 Å². The van der Waals surface area contributed by atoms with E-state index in [0.29, 0.717) is 0 Å². The molecule has 0 atom stereocenters. The summed E-state index contributed by atoms with van der Waals surface area (Å²) in [4.78, 5) is 35.4. The predicted octanol–water partition coefficient (Wildman–Crippen LogP) is -0.849. The first-order valence-electron chi connectivity index (χ1n) is 6.40. The Bertz CT molecular complexity index is 1030. The van der Waals surface area contributed by atoms with E-state index in [1.807, 2.05) is 0 Å². The molecule has 1 aromatic carbocycles. The van der Waals surface area contributed by atoms with Gasteiger partial charge in [0.2, 0.25) is 0 Å². The first-order chi connectivity index (χ1) is 11.4. The van der Waals surface area contributed by atoms with Gasteiger partial charge in [0.15, 0.2) is 5.57 Å². The van der Waals surface area contributed by atoms with E-state index in [1.54, 1.807) is 6.07 Å². The van der Waals surface area contributed by atoms with Crippen LogP contribution >= 0.6 is 11.3 Å². The summed E-state index contributed by atoms with van der Waals surface area (Å²) < 4.78 is 18.5. The van der Waals surface area contributed by atoms with Crippen LogP contribution in [0.2, 0.25) is 0 Å². The van der Waals surface area contributed by atoms with Crippen molar-refractivity contribution in [3.63, 3.8) is 0 Å². The second-order valence-electron chi connectivity index (χ2n) is 4.41. The van der Waals surface area contributed by atoms with Gasteiger partial charge in [0, 0.05) is 6.08 Å². The van der Waals surface area contributed by atoms with Crippen LogP contribution in [0, 0.1) is 17.1 Å². The molecule has 2 N–H and O–H groups in total. The fraction of sp³-hybridized carbons (Fsp3) is 0.0667. The average molecular weight is 347 g/mol. The third kappa shape index (κ3) is 3.23. The van der Waals surface area contributed by atoms with Crippen molar-refractivity contribution in [2.24, 2.45) is 5.73 Å². The lowest BCUT2D eigenvalue weighted by Crippen LogP contribution is -2.32. The molecule has 0 aliphatic heterocycles. The van der Waals surface area contributed by atoms with Crippen LogP contribution < -0.4 is 20.5 Å². The van der Waals surface area contributed by atoms with E-state index in [1.165, 1.54) is 12.1 Å². The van der Waals surface area contributed by atoms with Gasteiger partial charge >= 0.3 is 5.97 Å². The Morgan fingerprint density at radius 2 is 2.00 bits per heavy atom. The smallest absolute Gasteiger partial charge is 0.332 e. The second kappa shape index (κ2) is 6.89. The molecule has 0 bridgehead atoms. The Labute approximate surface area is 138 Å². The number of nitrogens with zero attached hydrogens (tertiary/aromatic N) is 2. The summed E-state index contributed by atoms with van der Waals surface area (Å²) in [6.07, 6.45) is 0.937. The van der Waals surface area contributed by atoms with Gasteiger partial charge in [0.25, 0.3) is 11.5 Å². The van der Waals surface area contributed by atoms with E-state index in [4.69, 9.17) is 11.0 Å². The number of methoxy groups -OCH3 is 1. The molecule has 1 amide bonds. The number of hydrogen-bond acceptors (Lipinski definition) is 6. The van der Waals surface area contributed by atoms with E-state index >= 15 is 0 Å². The Morgan fingerprint density at radius 3 is 2.50 bits per heavy atom. The molecule has 122 valence electrons. The van der Waals surface area contributed by atoms with E-state index in [0.717, 1.165) is 41.2 Å². The van der Waals surface area contributed by atoms with Gasteiger partial charge in [-0.25, -0.2) is 9.18 Å². The number of ether oxygens (including phenoxy) is 1. The van der Waals surface area contributed by atoms with Crippen molar-refractivity contribution in [3.05, 3.63) is 49.6 Å². The van der Waals surface area contributed by atoms with Gasteiger partial charge < -0.3 is 10.5 Å². The summed E-state index contributed by atoms with van der Waals surface area (Å²) in [6, 6.07) is 6.46. The number of benzene rings is 1. The predicted molar refractivity (Wildman–Crippen MR) is 83.8 cm³/mol. The fourth-order valence-electron chi connectivity index (χ4n) is 1.85. The number of aromatic nitrogens is 1. The number of carbonyl (C=O) groups excluding carboxylic acids is 2. The third-order valence-electron chi connectivity index (χ3n) is 2.93. The lowest BCUT2D eigenvalue weighted by atomic mass is 10.3. The van der Waals surface area contributed by atoms with Gasteiger partial charge in [-0.2, -0.15) is 5.26 Å². The summed E-state index contributed by atoms with van der Waals surface area (Å²) in [5.74, 6) is -2.33. The molecule has 2 aromatic rings. The molecule has 0 aliphatic rings. The molecule has 0 spiro atoms. The number of amides is 1. The van der Waals surface area contributed by atoms with Gasteiger partial charge in [0.05, 0.1) is 12.8 Å². The van der Waals surface area contributed by atoms with Crippen LogP contribution in [-0.2, 0) is 14.3 Å². The van der Waals surface area contributed by atoms with Crippen molar-refractivity contribution in [1.29, 1.82) is 5.26 Å². The SMILES string of the molecule is COC(=O)/C=c1\s/c(=C(/C#N)C(N)=O)n(-c2ccc(F)cc2)c1=O. The number of halogens is 1. The molecular formula is C15H10FN3O4S. The number of rotatable bonds is 3. The minimum absolute atomic E-state index is 0.0586. The van der Waals surface area contributed by atoms with E-state index in [2.05, 4.69) is 4.74 Å². The molecule has 0 fully saturated rings. The molecule has 7 nitrogen and oxygen atoms in total. The van der Waals surface area contributed by atoms with Crippen molar-refractivity contribution in [3.8, 4) is 11.8 Å². The molecule has 1 aromatic heterocycles. The molecule has 1 heterocycles. The molecule has 0 saturated heterocycles. The standard InChI is InChI=1S/C15H10FN3O4S/c1-23-12(20)6-11-14(22)19(9-4-2-8(16)3-5-9)15(24-11)10(7-17)13(18)21/h2-6H,1H3,(H2,18,21)/b11-6-,15-10-. The van der Waals surface area contributed by atoms with Crippen LogP contribution in [0.1, 0.15) is 0 Å². The lowest BCUT2D eigenvalue weighted by Gasteiger charge is -2.02. The van der Waals surface area contributed by atoms with Crippen molar-refractivity contribution < 1.29 is 18.7 Å². The Balaban J connectivity index is 2.97. The topological polar surface area (TPSA) is 115 Å². The summed E-state index contributed by atoms with van der Waals surface area (Å²) in [5, 5.41) is 9.14. The Hall–Kier alpha value is -3.25. The maximum Gasteiger partial charge on any atom is 0.332 e. The largest absolute Gasteiger partial charge is 0.466 e. The number of hydrogen-bond donors (Lipinski definition) is 1. The highest BCUT2D eigenvalue weighted by Gasteiger charge is 2.15. The number of nitriles is 1. The monoisotopic (exact) mass is 347 g/mol. The highest BCUT2D eigenvalue weighted by atomic mass is 32.1. The van der Waals surface area contributed by atoms with Crippen LogP contribution in [0.15, 0.2) is 29.1 Å². The van der Waals surface area contributed by atoms with Crippen LogP contribution in [0.3, 0.4) is 0 Å². The number of primary amides is 1. The molecule has 0 unspecified atom stereocenters. The minimum atomic E-state index is -1.03. The number of nitrogens with two attached hydrogens (primary N) is 1. The van der Waals surface area contributed by atoms with Crippen molar-refractivity contribution in [1.82, 2.24) is 4.57 Å². The fourth-order valence-corrected chi connectivity index (χ4v) is 2.92. The van der Waals surface area contributed by atoms with Crippen LogP contribution in [0.5, 0.6) is 0 Å². The van der Waals surface area contributed by atoms with Crippen molar-refractivity contribution in [2.75, 3.05) is 7.11 Å². The average Bonchev–Trinajstić information content (AvgIpc) is 2.85. The highest BCUT2D eigenvalue weighted by Crippen LogP contribution is 2.05. The molecule has 24 heavy (non-hydrogen) atoms. The number of thiazole rings is 1. The van der Waals surface area contributed by atoms with Crippen molar-refractivity contribution >= 4 is 34.9 Å². The van der Waals surface area contributed by atoms with Gasteiger partial charge in [-0.05, 0) is 24.3 Å². The molecule has 2 rings (SSSR count). The van der Waals surface area contributed by atoms with Crippen LogP contribution in [0.25, 0.3) is 17.3 Å². The Kier molecular flexibility index (Phi) is 4.91. The molecule has 0 aliphatic carbocycles. The van der Waals surface area contributed by atoms with Gasteiger partial charge in [-0.1, -0.05) is 0 Å².